The van der Waals surface area contributed by atoms with Crippen LogP contribution >= 0.6 is 15.9 Å². The maximum absolute atomic E-state index is 11.9. The largest absolute Gasteiger partial charge is 0.444 e. The molecule has 0 radical (unpaired) electrons. The van der Waals surface area contributed by atoms with Crippen molar-refractivity contribution in [3.05, 3.63) is 34.3 Å². The van der Waals surface area contributed by atoms with Gasteiger partial charge in [-0.2, -0.15) is 0 Å². The fraction of sp³-hybridized carbons (Fsp3) is 0.611. The Hall–Kier alpha value is -1.07. The van der Waals surface area contributed by atoms with Crippen LogP contribution in [0.2, 0.25) is 0 Å². The smallest absolute Gasteiger partial charge is 0.407 e. The zero-order valence-electron chi connectivity index (χ0n) is 14.5. The quantitative estimate of drug-likeness (QED) is 0.735. The fourth-order valence-corrected chi connectivity index (χ4v) is 3.01. The van der Waals surface area contributed by atoms with Crippen LogP contribution in [0.15, 0.2) is 28.7 Å². The van der Waals surface area contributed by atoms with E-state index in [0.29, 0.717) is 13.0 Å². The summed E-state index contributed by atoms with van der Waals surface area (Å²) >= 11 is 3.56. The number of hydrogen-bond acceptors (Lipinski definition) is 3. The van der Waals surface area contributed by atoms with Crippen molar-refractivity contribution in [3.8, 4) is 0 Å². The van der Waals surface area contributed by atoms with Gasteiger partial charge in [0.1, 0.15) is 5.60 Å². The maximum atomic E-state index is 11.9. The summed E-state index contributed by atoms with van der Waals surface area (Å²) in [6.45, 7) is 7.97. The second-order valence-corrected chi connectivity index (χ2v) is 7.89. The number of nitrogens with one attached hydrogen (secondary N) is 1. The number of benzene rings is 1. The summed E-state index contributed by atoms with van der Waals surface area (Å²) < 4.78 is 6.31. The van der Waals surface area contributed by atoms with Crippen molar-refractivity contribution < 1.29 is 14.6 Å². The molecule has 0 saturated heterocycles. The lowest BCUT2D eigenvalue weighted by Gasteiger charge is -2.33. The first kappa shape index (κ1) is 20.0. The van der Waals surface area contributed by atoms with Gasteiger partial charge in [0.15, 0.2) is 0 Å². The Balaban J connectivity index is 2.82. The number of halogens is 1. The summed E-state index contributed by atoms with van der Waals surface area (Å²) in [5, 5.41) is 12.8. The highest BCUT2D eigenvalue weighted by atomic mass is 79.9. The highest BCUT2D eigenvalue weighted by Gasteiger charge is 2.31. The number of carbonyl (C=O) groups excluding carboxylic acids is 1. The van der Waals surface area contributed by atoms with Gasteiger partial charge in [-0.15, -0.1) is 0 Å². The van der Waals surface area contributed by atoms with Gasteiger partial charge in [0.25, 0.3) is 0 Å². The summed E-state index contributed by atoms with van der Waals surface area (Å²) in [5.41, 5.74) is 0.204. The SMILES string of the molecule is CCCC(CO)(CNC(=O)OC(C)(C)C)Cc1ccccc1Br. The summed E-state index contributed by atoms with van der Waals surface area (Å²) in [6.07, 6.45) is 1.99. The molecule has 1 aromatic carbocycles. The van der Waals surface area contributed by atoms with Crippen molar-refractivity contribution in [2.45, 2.75) is 52.6 Å². The number of carbonyl (C=O) groups is 1. The van der Waals surface area contributed by atoms with Crippen molar-refractivity contribution >= 4 is 22.0 Å². The lowest BCUT2D eigenvalue weighted by atomic mass is 9.78. The third-order valence-electron chi connectivity index (χ3n) is 3.65. The Bertz CT molecular complexity index is 513. The topological polar surface area (TPSA) is 58.6 Å². The van der Waals surface area contributed by atoms with Crippen LogP contribution in [-0.2, 0) is 11.2 Å². The molecule has 0 aromatic heterocycles. The molecule has 0 aliphatic rings. The van der Waals surface area contributed by atoms with Crippen molar-refractivity contribution in [3.63, 3.8) is 0 Å². The molecule has 1 rings (SSSR count). The molecule has 1 amide bonds. The maximum Gasteiger partial charge on any atom is 0.407 e. The average Bonchev–Trinajstić information content (AvgIpc) is 2.45. The lowest BCUT2D eigenvalue weighted by molar-refractivity contribution is 0.0455. The highest BCUT2D eigenvalue weighted by Crippen LogP contribution is 2.31. The van der Waals surface area contributed by atoms with Gasteiger partial charge < -0.3 is 15.2 Å². The van der Waals surface area contributed by atoms with Gasteiger partial charge in [0.05, 0.1) is 6.61 Å². The Kier molecular flexibility index (Phi) is 7.55. The van der Waals surface area contributed by atoms with E-state index in [1.165, 1.54) is 0 Å². The number of hydrogen-bond donors (Lipinski definition) is 2. The zero-order valence-corrected chi connectivity index (χ0v) is 16.1. The van der Waals surface area contributed by atoms with E-state index in [2.05, 4.69) is 28.2 Å². The van der Waals surface area contributed by atoms with Gasteiger partial charge in [-0.3, -0.25) is 0 Å². The number of amides is 1. The molecule has 1 atom stereocenters. The number of alkyl carbamates (subject to hydrolysis) is 1. The minimum Gasteiger partial charge on any atom is -0.444 e. The molecule has 1 unspecified atom stereocenters. The molecule has 2 N–H and O–H groups in total. The van der Waals surface area contributed by atoms with E-state index >= 15 is 0 Å². The van der Waals surface area contributed by atoms with Crippen LogP contribution in [0.3, 0.4) is 0 Å². The monoisotopic (exact) mass is 385 g/mol. The highest BCUT2D eigenvalue weighted by molar-refractivity contribution is 9.10. The molecular formula is C18H28BrNO3. The molecule has 0 heterocycles. The molecule has 0 aliphatic heterocycles. The van der Waals surface area contributed by atoms with E-state index in [4.69, 9.17) is 4.74 Å². The van der Waals surface area contributed by atoms with Gasteiger partial charge >= 0.3 is 6.09 Å². The molecule has 130 valence electrons. The Morgan fingerprint density at radius 2 is 1.96 bits per heavy atom. The molecule has 0 fully saturated rings. The van der Waals surface area contributed by atoms with E-state index in [1.807, 2.05) is 45.0 Å². The normalized spacial score (nSPS) is 14.2. The van der Waals surface area contributed by atoms with Crippen LogP contribution in [0.5, 0.6) is 0 Å². The van der Waals surface area contributed by atoms with Crippen LogP contribution in [0.25, 0.3) is 0 Å². The van der Waals surface area contributed by atoms with E-state index in [9.17, 15) is 9.90 Å². The third kappa shape index (κ3) is 6.92. The zero-order chi connectivity index (χ0) is 17.5. The van der Waals surface area contributed by atoms with Crippen LogP contribution < -0.4 is 5.32 Å². The minimum atomic E-state index is -0.529. The van der Waals surface area contributed by atoms with Gasteiger partial charge in [-0.1, -0.05) is 47.5 Å². The second kappa shape index (κ2) is 8.69. The second-order valence-electron chi connectivity index (χ2n) is 7.03. The first-order valence-electron chi connectivity index (χ1n) is 8.02. The van der Waals surface area contributed by atoms with E-state index in [-0.39, 0.29) is 6.61 Å². The lowest BCUT2D eigenvalue weighted by Crippen LogP contribution is -2.43. The standard InChI is InChI=1S/C18H28BrNO3/c1-5-10-18(13-21,11-14-8-6-7-9-15(14)19)12-20-16(22)23-17(2,3)4/h6-9,21H,5,10-13H2,1-4H3,(H,20,22). The van der Waals surface area contributed by atoms with Crippen LogP contribution in [0, 0.1) is 5.41 Å². The molecule has 0 saturated carbocycles. The van der Waals surface area contributed by atoms with E-state index in [0.717, 1.165) is 22.9 Å². The molecule has 0 aliphatic carbocycles. The first-order chi connectivity index (χ1) is 10.7. The summed E-state index contributed by atoms with van der Waals surface area (Å²) in [7, 11) is 0. The van der Waals surface area contributed by atoms with Gasteiger partial charge in [0.2, 0.25) is 0 Å². The molecule has 0 bridgehead atoms. The van der Waals surface area contributed by atoms with Crippen molar-refractivity contribution in [1.29, 1.82) is 0 Å². The van der Waals surface area contributed by atoms with Crippen LogP contribution in [0.4, 0.5) is 4.79 Å². The van der Waals surface area contributed by atoms with E-state index in [1.54, 1.807) is 0 Å². The Morgan fingerprint density at radius 3 is 2.48 bits per heavy atom. The van der Waals surface area contributed by atoms with Gasteiger partial charge in [0, 0.05) is 16.4 Å². The molecule has 0 spiro atoms. The number of rotatable bonds is 7. The predicted molar refractivity (Wildman–Crippen MR) is 96.5 cm³/mol. The average molecular weight is 386 g/mol. The van der Waals surface area contributed by atoms with Crippen molar-refractivity contribution in [2.24, 2.45) is 5.41 Å². The van der Waals surface area contributed by atoms with Crippen LogP contribution in [0.1, 0.15) is 46.1 Å². The molecule has 5 heteroatoms. The number of aliphatic hydroxyl groups excluding tert-OH is 1. The Labute approximate surface area is 147 Å². The summed E-state index contributed by atoms with van der Waals surface area (Å²) in [5.74, 6) is 0. The van der Waals surface area contributed by atoms with Crippen LogP contribution in [-0.4, -0.2) is 30.0 Å². The molecular weight excluding hydrogens is 358 g/mol. The molecule has 4 nitrogen and oxygen atoms in total. The number of aliphatic hydroxyl groups is 1. The summed E-state index contributed by atoms with van der Waals surface area (Å²) in [4.78, 5) is 11.9. The van der Waals surface area contributed by atoms with Gasteiger partial charge in [-0.25, -0.2) is 4.79 Å². The minimum absolute atomic E-state index is 0.0119. The predicted octanol–water partition coefficient (Wildman–Crippen LogP) is 4.30. The number of ether oxygens (including phenoxy) is 1. The molecule has 23 heavy (non-hydrogen) atoms. The van der Waals surface area contributed by atoms with Gasteiger partial charge in [-0.05, 0) is 45.2 Å². The Morgan fingerprint density at radius 1 is 1.30 bits per heavy atom. The van der Waals surface area contributed by atoms with Crippen molar-refractivity contribution in [2.75, 3.05) is 13.2 Å². The fourth-order valence-electron chi connectivity index (χ4n) is 2.58. The van der Waals surface area contributed by atoms with Crippen molar-refractivity contribution in [1.82, 2.24) is 5.32 Å². The van der Waals surface area contributed by atoms with E-state index < -0.39 is 17.1 Å². The first-order valence-corrected chi connectivity index (χ1v) is 8.82. The molecule has 1 aromatic rings. The summed E-state index contributed by atoms with van der Waals surface area (Å²) in [6, 6.07) is 7.98. The third-order valence-corrected chi connectivity index (χ3v) is 4.42.